The summed E-state index contributed by atoms with van der Waals surface area (Å²) in [5, 5.41) is 13.9. The molecule has 0 aliphatic carbocycles. The molecule has 0 heterocycles. The fraction of sp³-hybridized carbons (Fsp3) is 0.796. The van der Waals surface area contributed by atoms with E-state index in [2.05, 4.69) is 79.9 Å². The molecule has 3 N–H and O–H groups in total. The highest BCUT2D eigenvalue weighted by atomic mass is 31.2. The van der Waals surface area contributed by atoms with E-state index in [4.69, 9.17) is 9.05 Å². The van der Waals surface area contributed by atoms with Gasteiger partial charge in [0, 0.05) is 6.42 Å². The van der Waals surface area contributed by atoms with E-state index in [9.17, 15) is 19.4 Å². The Morgan fingerprint density at radius 2 is 0.952 bits per heavy atom. The number of allylic oxidation sites excluding steroid dienone is 10. The summed E-state index contributed by atoms with van der Waals surface area (Å²) in [5.41, 5.74) is 0. The van der Waals surface area contributed by atoms with Gasteiger partial charge in [0.1, 0.15) is 13.2 Å². The van der Waals surface area contributed by atoms with Gasteiger partial charge in [0.05, 0.1) is 39.9 Å². The fourth-order valence-corrected chi connectivity index (χ4v) is 8.16. The zero-order chi connectivity index (χ0) is 46.4. The largest absolute Gasteiger partial charge is 0.472 e. The molecule has 0 spiro atoms. The molecule has 9 heteroatoms. The van der Waals surface area contributed by atoms with Gasteiger partial charge in [0.25, 0.3) is 0 Å². The van der Waals surface area contributed by atoms with Crippen LogP contribution in [0, 0.1) is 0 Å². The molecular weight excluding hydrogens is 804 g/mol. The minimum atomic E-state index is -4.31. The molecule has 0 rings (SSSR count). The number of rotatable bonds is 47. The Bertz CT molecular complexity index is 1210. The summed E-state index contributed by atoms with van der Waals surface area (Å²) >= 11 is 0. The molecule has 0 aromatic carbocycles. The molecule has 0 radical (unpaired) electrons. The summed E-state index contributed by atoms with van der Waals surface area (Å²) in [5.74, 6) is -0.147. The van der Waals surface area contributed by atoms with Crippen LogP contribution in [0.15, 0.2) is 60.8 Å². The van der Waals surface area contributed by atoms with Gasteiger partial charge >= 0.3 is 7.82 Å². The SMILES string of the molecule is CC/C=C\C/C=C\C/C=C\C/C=C\C/C=C\CCCCCCCCCCCCCCCCCC(=O)NC(COP(=O)(O)OCC[N+](C)(C)C)C(O)CCCCCCCCCCCC. The first kappa shape index (κ1) is 61.2. The van der Waals surface area contributed by atoms with E-state index in [0.29, 0.717) is 23.9 Å². The smallest absolute Gasteiger partial charge is 0.391 e. The Hall–Kier alpha value is -1.80. The van der Waals surface area contributed by atoms with Crippen LogP contribution in [0.25, 0.3) is 0 Å². The molecule has 0 fully saturated rings. The monoisotopic (exact) mass is 906 g/mol. The van der Waals surface area contributed by atoms with Crippen LogP contribution in [0.3, 0.4) is 0 Å². The minimum absolute atomic E-state index is 0.0735. The summed E-state index contributed by atoms with van der Waals surface area (Å²) in [6.07, 6.45) is 59.9. The molecule has 8 nitrogen and oxygen atoms in total. The number of aliphatic hydroxyl groups excluding tert-OH is 1. The number of phosphoric acid groups is 1. The molecule has 0 aliphatic heterocycles. The number of unbranched alkanes of at least 4 members (excludes halogenated alkanes) is 24. The highest BCUT2D eigenvalue weighted by Gasteiger charge is 2.28. The van der Waals surface area contributed by atoms with E-state index < -0.39 is 20.0 Å². The number of carbonyl (C=O) groups excluding carboxylic acids is 1. The predicted octanol–water partition coefficient (Wildman–Crippen LogP) is 15.4. The number of hydrogen-bond donors (Lipinski definition) is 3. The number of aliphatic hydroxyl groups is 1. The third-order valence-corrected chi connectivity index (χ3v) is 12.5. The highest BCUT2D eigenvalue weighted by molar-refractivity contribution is 7.47. The Kier molecular flexibility index (Phi) is 44.1. The zero-order valence-electron chi connectivity index (χ0n) is 41.8. The van der Waals surface area contributed by atoms with Crippen LogP contribution in [0.1, 0.15) is 226 Å². The first-order valence-electron chi connectivity index (χ1n) is 26.2. The van der Waals surface area contributed by atoms with Crippen molar-refractivity contribution in [1.29, 1.82) is 0 Å². The van der Waals surface area contributed by atoms with Crippen LogP contribution in [-0.2, 0) is 18.4 Å². The van der Waals surface area contributed by atoms with Gasteiger partial charge in [0.15, 0.2) is 0 Å². The second kappa shape index (κ2) is 45.4. The molecule has 0 bridgehead atoms. The zero-order valence-corrected chi connectivity index (χ0v) is 42.7. The Labute approximate surface area is 390 Å². The molecule has 0 saturated carbocycles. The molecule has 63 heavy (non-hydrogen) atoms. The number of nitrogens with zero attached hydrogens (tertiary/aromatic N) is 1. The summed E-state index contributed by atoms with van der Waals surface area (Å²) in [4.78, 5) is 23.2. The third-order valence-electron chi connectivity index (χ3n) is 11.5. The lowest BCUT2D eigenvalue weighted by Gasteiger charge is -2.26. The van der Waals surface area contributed by atoms with Crippen molar-refractivity contribution in [3.05, 3.63) is 60.8 Å². The van der Waals surface area contributed by atoms with Gasteiger partial charge in [-0.15, -0.1) is 0 Å². The minimum Gasteiger partial charge on any atom is -0.391 e. The maximum absolute atomic E-state index is 12.9. The van der Waals surface area contributed by atoms with Gasteiger partial charge < -0.3 is 19.8 Å². The fourth-order valence-electron chi connectivity index (χ4n) is 7.43. The van der Waals surface area contributed by atoms with E-state index in [-0.39, 0.29) is 19.1 Å². The number of amides is 1. The molecule has 0 aliphatic rings. The van der Waals surface area contributed by atoms with E-state index in [1.807, 2.05) is 21.1 Å². The molecule has 3 unspecified atom stereocenters. The van der Waals surface area contributed by atoms with Crippen molar-refractivity contribution < 1.29 is 32.9 Å². The van der Waals surface area contributed by atoms with Gasteiger partial charge in [-0.3, -0.25) is 13.8 Å². The highest BCUT2D eigenvalue weighted by Crippen LogP contribution is 2.43. The lowest BCUT2D eigenvalue weighted by atomic mass is 10.0. The number of nitrogens with one attached hydrogen (secondary N) is 1. The molecule has 3 atom stereocenters. The van der Waals surface area contributed by atoms with Crippen LogP contribution < -0.4 is 5.32 Å². The second-order valence-corrected chi connectivity index (χ2v) is 20.3. The molecule has 0 saturated heterocycles. The van der Waals surface area contributed by atoms with Crippen molar-refractivity contribution >= 4 is 13.7 Å². The van der Waals surface area contributed by atoms with Crippen LogP contribution in [-0.4, -0.2) is 73.4 Å². The maximum atomic E-state index is 12.9. The van der Waals surface area contributed by atoms with Crippen LogP contribution in [0.5, 0.6) is 0 Å². The Morgan fingerprint density at radius 1 is 0.556 bits per heavy atom. The van der Waals surface area contributed by atoms with Gasteiger partial charge in [-0.2, -0.15) is 0 Å². The number of quaternary nitrogens is 1. The molecule has 0 aromatic heterocycles. The number of carbonyl (C=O) groups is 1. The van der Waals surface area contributed by atoms with Crippen molar-refractivity contribution in [2.24, 2.45) is 0 Å². The van der Waals surface area contributed by atoms with Gasteiger partial charge in [0.2, 0.25) is 5.91 Å². The van der Waals surface area contributed by atoms with Gasteiger partial charge in [-0.1, -0.05) is 222 Å². The standard InChI is InChI=1S/C54H101N2O6P/c1-6-8-10-12-14-16-18-19-20-21-22-23-24-25-26-27-28-29-30-31-32-33-34-35-36-37-38-40-42-44-46-48-54(58)55-52(51-62-63(59,60)61-50-49-56(3,4)5)53(57)47-45-43-41-39-17-15-13-11-9-7-2/h8,10,14,16,19-20,22-23,25-26,52-53,57H,6-7,9,11-13,15,17-18,21,24,27-51H2,1-5H3,(H-,55,58,59,60)/p+1/b10-8-,16-14-,20-19-,23-22-,26-25-. The van der Waals surface area contributed by atoms with Crippen LogP contribution in [0.2, 0.25) is 0 Å². The van der Waals surface area contributed by atoms with Gasteiger partial charge in [-0.05, 0) is 57.8 Å². The van der Waals surface area contributed by atoms with E-state index >= 15 is 0 Å². The van der Waals surface area contributed by atoms with Crippen LogP contribution >= 0.6 is 7.82 Å². The second-order valence-electron chi connectivity index (χ2n) is 18.9. The number of hydrogen-bond acceptors (Lipinski definition) is 5. The van der Waals surface area contributed by atoms with Crippen molar-refractivity contribution in [1.82, 2.24) is 5.32 Å². The number of likely N-dealkylation sites (N-methyl/N-ethyl adjacent to an activating group) is 1. The van der Waals surface area contributed by atoms with Gasteiger partial charge in [-0.25, -0.2) is 4.57 Å². The quantitative estimate of drug-likeness (QED) is 0.0243. The van der Waals surface area contributed by atoms with Crippen molar-refractivity contribution in [3.63, 3.8) is 0 Å². The summed E-state index contributed by atoms with van der Waals surface area (Å²) in [6.45, 7) is 4.76. The predicted molar refractivity (Wildman–Crippen MR) is 272 cm³/mol. The van der Waals surface area contributed by atoms with Crippen molar-refractivity contribution in [2.45, 2.75) is 238 Å². The average Bonchev–Trinajstić information content (AvgIpc) is 3.24. The summed E-state index contributed by atoms with van der Waals surface area (Å²) in [6, 6.07) is -0.760. The van der Waals surface area contributed by atoms with Crippen LogP contribution in [0.4, 0.5) is 0 Å². The lowest BCUT2D eigenvalue weighted by Crippen LogP contribution is -2.46. The summed E-state index contributed by atoms with van der Waals surface area (Å²) in [7, 11) is 1.61. The topological polar surface area (TPSA) is 105 Å². The van der Waals surface area contributed by atoms with E-state index in [0.717, 1.165) is 70.6 Å². The number of phosphoric ester groups is 1. The average molecular weight is 906 g/mol. The van der Waals surface area contributed by atoms with E-state index in [1.54, 1.807) is 0 Å². The molecule has 1 amide bonds. The Balaban J connectivity index is 4.02. The summed E-state index contributed by atoms with van der Waals surface area (Å²) < 4.78 is 23.6. The Morgan fingerprint density at radius 3 is 1.40 bits per heavy atom. The van der Waals surface area contributed by atoms with Crippen molar-refractivity contribution in [3.8, 4) is 0 Å². The molecule has 368 valence electrons. The maximum Gasteiger partial charge on any atom is 0.472 e. The third kappa shape index (κ3) is 48.0. The normalized spacial score (nSPS) is 14.6. The molecular formula is C54H102N2O6P+. The van der Waals surface area contributed by atoms with Crippen molar-refractivity contribution in [2.75, 3.05) is 40.9 Å². The van der Waals surface area contributed by atoms with E-state index in [1.165, 1.54) is 128 Å². The lowest BCUT2D eigenvalue weighted by molar-refractivity contribution is -0.870. The first-order chi connectivity index (χ1) is 30.5. The first-order valence-corrected chi connectivity index (χ1v) is 27.6. The molecule has 0 aromatic rings.